The number of hydrogen-bond acceptors (Lipinski definition) is 6. The van der Waals surface area contributed by atoms with Crippen molar-refractivity contribution in [3.05, 3.63) is 94.8 Å². The zero-order valence-electron chi connectivity index (χ0n) is 21.6. The molecule has 0 N–H and O–H groups in total. The van der Waals surface area contributed by atoms with Crippen LogP contribution >= 0.6 is 11.6 Å². The number of rotatable bonds is 7. The van der Waals surface area contributed by atoms with Crippen molar-refractivity contribution >= 4 is 37.2 Å². The van der Waals surface area contributed by atoms with Gasteiger partial charge in [0.1, 0.15) is 32.8 Å². The van der Waals surface area contributed by atoms with E-state index in [0.717, 1.165) is 0 Å². The summed E-state index contributed by atoms with van der Waals surface area (Å²) in [5.41, 5.74) is 1.14. The van der Waals surface area contributed by atoms with E-state index in [-0.39, 0.29) is 66.3 Å². The van der Waals surface area contributed by atoms with Gasteiger partial charge in [0, 0.05) is 24.6 Å². The maximum Gasteiger partial charge on any atom is 0.225 e. The highest BCUT2D eigenvalue weighted by molar-refractivity contribution is 7.92. The quantitative estimate of drug-likeness (QED) is 0.384. The Morgan fingerprint density at radius 1 is 1.02 bits per heavy atom. The molecule has 0 radical (unpaired) electrons. The van der Waals surface area contributed by atoms with Crippen molar-refractivity contribution in [1.82, 2.24) is 4.90 Å². The van der Waals surface area contributed by atoms with Gasteiger partial charge in [-0.15, -0.1) is 0 Å². The van der Waals surface area contributed by atoms with E-state index in [1.807, 2.05) is 0 Å². The van der Waals surface area contributed by atoms with Crippen molar-refractivity contribution in [3.63, 3.8) is 0 Å². The number of benzene rings is 3. The molecule has 3 aromatic rings. The first kappa shape index (κ1) is 28.6. The van der Waals surface area contributed by atoms with E-state index < -0.39 is 36.2 Å². The molecule has 0 aliphatic carbocycles. The molecule has 40 heavy (non-hydrogen) atoms. The van der Waals surface area contributed by atoms with Gasteiger partial charge in [-0.25, -0.2) is 21.2 Å². The van der Waals surface area contributed by atoms with E-state index in [1.54, 1.807) is 65.6 Å². The molecule has 2 aliphatic heterocycles. The van der Waals surface area contributed by atoms with Gasteiger partial charge < -0.3 is 9.64 Å². The summed E-state index contributed by atoms with van der Waals surface area (Å²) in [7, 11) is -7.06. The Kier molecular flexibility index (Phi) is 7.96. The first-order valence-electron chi connectivity index (χ1n) is 13.0. The van der Waals surface area contributed by atoms with Crippen molar-refractivity contribution in [3.8, 4) is 5.75 Å². The van der Waals surface area contributed by atoms with Crippen LogP contribution in [0.15, 0.2) is 77.7 Å². The van der Waals surface area contributed by atoms with Crippen LogP contribution in [0.25, 0.3) is 0 Å². The SMILES string of the molecule is O=C(C1CCS(=O)(=O)CC1)N1CCC(c2ccc(OCc3ccc(F)cc3Cl)cc2)(S(=O)(=O)c2ccccc2)C1. The topological polar surface area (TPSA) is 97.8 Å². The van der Waals surface area contributed by atoms with Crippen molar-refractivity contribution in [2.45, 2.75) is 35.5 Å². The number of hydrogen-bond donors (Lipinski definition) is 0. The summed E-state index contributed by atoms with van der Waals surface area (Å²) in [5, 5.41) is 0.246. The zero-order valence-corrected chi connectivity index (χ0v) is 24.0. The van der Waals surface area contributed by atoms with Gasteiger partial charge in [0.25, 0.3) is 0 Å². The van der Waals surface area contributed by atoms with E-state index >= 15 is 0 Å². The van der Waals surface area contributed by atoms with Crippen LogP contribution < -0.4 is 4.74 Å². The van der Waals surface area contributed by atoms with Crippen LogP contribution in [0.1, 0.15) is 30.4 Å². The van der Waals surface area contributed by atoms with E-state index in [1.165, 1.54) is 12.1 Å². The fourth-order valence-electron chi connectivity index (χ4n) is 5.46. The van der Waals surface area contributed by atoms with Crippen LogP contribution in [0.4, 0.5) is 4.39 Å². The lowest BCUT2D eigenvalue weighted by Crippen LogP contribution is -2.43. The second-order valence-corrected chi connectivity index (χ2v) is 15.3. The molecule has 2 heterocycles. The molecule has 2 fully saturated rings. The summed E-state index contributed by atoms with van der Waals surface area (Å²) in [4.78, 5) is 15.1. The summed E-state index contributed by atoms with van der Waals surface area (Å²) < 4.78 is 69.8. The Morgan fingerprint density at radius 3 is 2.35 bits per heavy atom. The molecule has 0 bridgehead atoms. The standard InChI is InChI=1S/C29H29ClFNO6S2/c30-27-18-24(31)9-6-22(27)19-38-25-10-7-23(8-11-25)29(40(36,37)26-4-2-1-3-5-26)14-15-32(20-29)28(33)21-12-16-39(34,35)17-13-21/h1-11,18,21H,12-17,19-20H2. The fourth-order valence-corrected chi connectivity index (χ4v) is 9.27. The average molecular weight is 606 g/mol. The summed E-state index contributed by atoms with van der Waals surface area (Å²) in [6.45, 7) is 0.318. The maximum atomic E-state index is 14.2. The predicted octanol–water partition coefficient (Wildman–Crippen LogP) is 4.78. The smallest absolute Gasteiger partial charge is 0.225 e. The number of halogens is 2. The van der Waals surface area contributed by atoms with Crippen molar-refractivity contribution in [1.29, 1.82) is 0 Å². The van der Waals surface area contributed by atoms with Crippen molar-refractivity contribution in [2.24, 2.45) is 5.92 Å². The monoisotopic (exact) mass is 605 g/mol. The molecule has 3 aromatic carbocycles. The van der Waals surface area contributed by atoms with Gasteiger partial charge >= 0.3 is 0 Å². The lowest BCUT2D eigenvalue weighted by Gasteiger charge is -2.31. The molecule has 5 rings (SSSR count). The molecule has 2 saturated heterocycles. The van der Waals surface area contributed by atoms with Crippen LogP contribution in [-0.2, 0) is 35.8 Å². The third-order valence-corrected chi connectivity index (χ3v) is 12.4. The van der Waals surface area contributed by atoms with Gasteiger partial charge in [0.15, 0.2) is 9.84 Å². The van der Waals surface area contributed by atoms with Gasteiger partial charge in [-0.2, -0.15) is 0 Å². The Balaban J connectivity index is 1.41. The molecular formula is C29H29ClFNO6S2. The van der Waals surface area contributed by atoms with Gasteiger partial charge in [-0.05, 0) is 61.2 Å². The molecule has 1 amide bonds. The highest BCUT2D eigenvalue weighted by Gasteiger charge is 2.52. The number of likely N-dealkylation sites (tertiary alicyclic amines) is 1. The van der Waals surface area contributed by atoms with Gasteiger partial charge in [-0.3, -0.25) is 4.79 Å². The minimum absolute atomic E-state index is 0.0301. The number of nitrogens with zero attached hydrogens (tertiary/aromatic N) is 1. The number of carbonyl (C=O) groups excluding carboxylic acids is 1. The summed E-state index contributed by atoms with van der Waals surface area (Å²) in [6, 6.07) is 19.0. The Hall–Kier alpha value is -2.95. The third kappa shape index (κ3) is 5.62. The molecule has 7 nitrogen and oxygen atoms in total. The molecule has 0 saturated carbocycles. The molecular weight excluding hydrogens is 577 g/mol. The second kappa shape index (κ2) is 11.1. The maximum absolute atomic E-state index is 14.2. The molecule has 11 heteroatoms. The van der Waals surface area contributed by atoms with Crippen molar-refractivity contribution < 1.29 is 30.8 Å². The summed E-state index contributed by atoms with van der Waals surface area (Å²) >= 11 is 6.09. The Labute approximate surface area is 238 Å². The fraction of sp³-hybridized carbons (Fsp3) is 0.345. The first-order valence-corrected chi connectivity index (χ1v) is 16.7. The average Bonchev–Trinajstić information content (AvgIpc) is 3.40. The summed E-state index contributed by atoms with van der Waals surface area (Å²) in [6.07, 6.45) is 0.701. The van der Waals surface area contributed by atoms with E-state index in [9.17, 15) is 26.0 Å². The van der Waals surface area contributed by atoms with Gasteiger partial charge in [0.05, 0.1) is 21.4 Å². The summed E-state index contributed by atoms with van der Waals surface area (Å²) in [5.74, 6) is -0.666. The number of sulfone groups is 2. The molecule has 212 valence electrons. The molecule has 0 aromatic heterocycles. The number of amides is 1. The highest BCUT2D eigenvalue weighted by Crippen LogP contribution is 2.44. The number of ether oxygens (including phenoxy) is 1. The second-order valence-electron chi connectivity index (χ2n) is 10.3. The van der Waals surface area contributed by atoms with Gasteiger partial charge in [-0.1, -0.05) is 48.0 Å². The normalized spacial score (nSPS) is 21.3. The van der Waals surface area contributed by atoms with E-state index in [2.05, 4.69) is 0 Å². The highest BCUT2D eigenvalue weighted by atomic mass is 35.5. The van der Waals surface area contributed by atoms with E-state index in [4.69, 9.17) is 16.3 Å². The molecule has 1 unspecified atom stereocenters. The zero-order chi connectivity index (χ0) is 28.5. The molecule has 0 spiro atoms. The molecule has 2 aliphatic rings. The lowest BCUT2D eigenvalue weighted by molar-refractivity contribution is -0.134. The van der Waals surface area contributed by atoms with E-state index in [0.29, 0.717) is 16.9 Å². The van der Waals surface area contributed by atoms with Crippen LogP contribution in [-0.4, -0.2) is 52.2 Å². The van der Waals surface area contributed by atoms with Crippen LogP contribution in [0, 0.1) is 11.7 Å². The largest absolute Gasteiger partial charge is 0.489 e. The molecule has 1 atom stereocenters. The minimum Gasteiger partial charge on any atom is -0.489 e. The Morgan fingerprint density at radius 2 is 1.70 bits per heavy atom. The lowest BCUT2D eigenvalue weighted by atomic mass is 9.97. The Bertz CT molecular complexity index is 1600. The first-order chi connectivity index (χ1) is 19.0. The third-order valence-electron chi connectivity index (χ3n) is 7.81. The van der Waals surface area contributed by atoms with Crippen LogP contribution in [0.2, 0.25) is 5.02 Å². The minimum atomic E-state index is -3.93. The van der Waals surface area contributed by atoms with Crippen LogP contribution in [0.5, 0.6) is 5.75 Å². The van der Waals surface area contributed by atoms with Gasteiger partial charge in [0.2, 0.25) is 5.91 Å². The number of carbonyl (C=O) groups is 1. The predicted molar refractivity (Wildman–Crippen MR) is 150 cm³/mol. The van der Waals surface area contributed by atoms with Crippen LogP contribution in [0.3, 0.4) is 0 Å². The van der Waals surface area contributed by atoms with Crippen molar-refractivity contribution in [2.75, 3.05) is 24.6 Å².